The molecule has 2 N–H and O–H groups in total. The molecule has 1 aromatic heterocycles. The predicted molar refractivity (Wildman–Crippen MR) is 70.4 cm³/mol. The molecule has 1 aromatic carbocycles. The molecule has 18 heavy (non-hydrogen) atoms. The minimum absolute atomic E-state index is 0.118. The zero-order chi connectivity index (χ0) is 13.0. The topological polar surface area (TPSA) is 67.0 Å². The number of hydrogen-bond acceptors (Lipinski definition) is 4. The first kappa shape index (κ1) is 12.4. The number of carbonyl (C=O) groups is 1. The lowest BCUT2D eigenvalue weighted by atomic mass is 10.1. The van der Waals surface area contributed by atoms with Crippen LogP contribution in [-0.2, 0) is 9.53 Å². The van der Waals surface area contributed by atoms with Crippen LogP contribution in [0.2, 0.25) is 0 Å². The van der Waals surface area contributed by atoms with Crippen LogP contribution in [0.15, 0.2) is 24.5 Å². The monoisotopic (exact) mass is 247 g/mol. The van der Waals surface area contributed by atoms with Gasteiger partial charge < -0.3 is 15.0 Å². The number of carbonyl (C=O) groups excluding carboxylic acids is 1. The normalized spacial score (nSPS) is 12.3. The zero-order valence-electron chi connectivity index (χ0n) is 10.6. The Labute approximate surface area is 106 Å². The van der Waals surface area contributed by atoms with Crippen LogP contribution in [0.5, 0.6) is 0 Å². The minimum atomic E-state index is -0.174. The molecular formula is C13H17N3O2. The fourth-order valence-electron chi connectivity index (χ4n) is 1.85. The number of esters is 1. The van der Waals surface area contributed by atoms with Crippen molar-refractivity contribution in [1.29, 1.82) is 0 Å². The fraction of sp³-hybridized carbons (Fsp3) is 0.385. The van der Waals surface area contributed by atoms with Gasteiger partial charge in [0.1, 0.15) is 0 Å². The van der Waals surface area contributed by atoms with E-state index in [9.17, 15) is 4.79 Å². The van der Waals surface area contributed by atoms with Gasteiger partial charge in [0.2, 0.25) is 0 Å². The van der Waals surface area contributed by atoms with Crippen LogP contribution in [0.4, 0.5) is 5.69 Å². The van der Waals surface area contributed by atoms with Crippen molar-refractivity contribution in [3.63, 3.8) is 0 Å². The standard InChI is InChI=1S/C13H17N3O2/c1-3-9(13(17)18-2)7-14-10-4-5-11-12(6-10)16-8-15-11/h4-6,8-9,14H,3,7H2,1-2H3,(H,15,16). The summed E-state index contributed by atoms with van der Waals surface area (Å²) in [5, 5.41) is 3.24. The second-order valence-electron chi connectivity index (χ2n) is 4.14. The number of benzene rings is 1. The van der Waals surface area contributed by atoms with Crippen molar-refractivity contribution in [2.75, 3.05) is 19.0 Å². The predicted octanol–water partition coefficient (Wildman–Crippen LogP) is 2.17. The molecular weight excluding hydrogens is 230 g/mol. The molecule has 0 amide bonds. The maximum Gasteiger partial charge on any atom is 0.310 e. The third-order valence-corrected chi connectivity index (χ3v) is 3.00. The fourth-order valence-corrected chi connectivity index (χ4v) is 1.85. The summed E-state index contributed by atoms with van der Waals surface area (Å²) in [5.74, 6) is -0.292. The summed E-state index contributed by atoms with van der Waals surface area (Å²) in [6.07, 6.45) is 2.42. The molecule has 2 aromatic rings. The number of H-pyrrole nitrogens is 1. The Morgan fingerprint density at radius 1 is 1.56 bits per heavy atom. The summed E-state index contributed by atoms with van der Waals surface area (Å²) in [5.41, 5.74) is 2.88. The average Bonchev–Trinajstić information content (AvgIpc) is 2.86. The summed E-state index contributed by atoms with van der Waals surface area (Å²) < 4.78 is 4.75. The Bertz CT molecular complexity index is 536. The van der Waals surface area contributed by atoms with Gasteiger partial charge in [-0.2, -0.15) is 0 Å². The maximum absolute atomic E-state index is 11.5. The average molecular weight is 247 g/mol. The van der Waals surface area contributed by atoms with Crippen molar-refractivity contribution >= 4 is 22.7 Å². The molecule has 1 atom stereocenters. The van der Waals surface area contributed by atoms with Gasteiger partial charge in [-0.15, -0.1) is 0 Å². The molecule has 0 saturated heterocycles. The van der Waals surface area contributed by atoms with Gasteiger partial charge in [0, 0.05) is 12.2 Å². The highest BCUT2D eigenvalue weighted by Crippen LogP contribution is 2.16. The van der Waals surface area contributed by atoms with Gasteiger partial charge in [0.25, 0.3) is 0 Å². The second kappa shape index (κ2) is 5.53. The van der Waals surface area contributed by atoms with Crippen LogP contribution in [0.1, 0.15) is 13.3 Å². The first-order valence-electron chi connectivity index (χ1n) is 5.99. The highest BCUT2D eigenvalue weighted by Gasteiger charge is 2.16. The first-order chi connectivity index (χ1) is 8.74. The molecule has 0 bridgehead atoms. The second-order valence-corrected chi connectivity index (χ2v) is 4.14. The summed E-state index contributed by atoms with van der Waals surface area (Å²) in [7, 11) is 1.42. The molecule has 96 valence electrons. The molecule has 0 saturated carbocycles. The molecule has 2 rings (SSSR count). The number of methoxy groups -OCH3 is 1. The lowest BCUT2D eigenvalue weighted by Gasteiger charge is -2.14. The first-order valence-corrected chi connectivity index (χ1v) is 5.99. The highest BCUT2D eigenvalue weighted by atomic mass is 16.5. The molecule has 0 fully saturated rings. The van der Waals surface area contributed by atoms with E-state index in [0.29, 0.717) is 6.54 Å². The quantitative estimate of drug-likeness (QED) is 0.795. The van der Waals surface area contributed by atoms with E-state index in [2.05, 4.69) is 15.3 Å². The van der Waals surface area contributed by atoms with Crippen molar-refractivity contribution in [3.05, 3.63) is 24.5 Å². The van der Waals surface area contributed by atoms with Crippen LogP contribution in [0.25, 0.3) is 11.0 Å². The molecule has 1 heterocycles. The summed E-state index contributed by atoms with van der Waals surface area (Å²) in [6, 6.07) is 5.87. The third kappa shape index (κ3) is 2.61. The number of rotatable bonds is 5. The molecule has 0 spiro atoms. The van der Waals surface area contributed by atoms with Crippen LogP contribution < -0.4 is 5.32 Å². The van der Waals surface area contributed by atoms with Crippen molar-refractivity contribution in [2.45, 2.75) is 13.3 Å². The maximum atomic E-state index is 11.5. The van der Waals surface area contributed by atoms with Crippen LogP contribution in [0, 0.1) is 5.92 Å². The Hall–Kier alpha value is -2.04. The van der Waals surface area contributed by atoms with Gasteiger partial charge in [-0.05, 0) is 24.6 Å². The lowest BCUT2D eigenvalue weighted by molar-refractivity contribution is -0.145. The van der Waals surface area contributed by atoms with Gasteiger partial charge in [-0.25, -0.2) is 4.98 Å². The summed E-state index contributed by atoms with van der Waals surface area (Å²) in [4.78, 5) is 18.7. The SMILES string of the molecule is CCC(CNc1ccc2nc[nH]c2c1)C(=O)OC. The number of nitrogens with one attached hydrogen (secondary N) is 2. The van der Waals surface area contributed by atoms with Crippen LogP contribution in [-0.4, -0.2) is 29.6 Å². The van der Waals surface area contributed by atoms with Crippen LogP contribution >= 0.6 is 0 Å². The third-order valence-electron chi connectivity index (χ3n) is 3.00. The van der Waals surface area contributed by atoms with E-state index >= 15 is 0 Å². The number of ether oxygens (including phenoxy) is 1. The summed E-state index contributed by atoms with van der Waals surface area (Å²) in [6.45, 7) is 2.55. The van der Waals surface area contributed by atoms with E-state index < -0.39 is 0 Å². The number of nitrogens with zero attached hydrogens (tertiary/aromatic N) is 1. The van der Waals surface area contributed by atoms with E-state index in [1.54, 1.807) is 6.33 Å². The Morgan fingerprint density at radius 2 is 2.39 bits per heavy atom. The van der Waals surface area contributed by atoms with Crippen molar-refractivity contribution in [1.82, 2.24) is 9.97 Å². The van der Waals surface area contributed by atoms with Gasteiger partial charge >= 0.3 is 5.97 Å². The number of anilines is 1. The molecule has 5 heteroatoms. The van der Waals surface area contributed by atoms with E-state index in [0.717, 1.165) is 23.1 Å². The Morgan fingerprint density at radius 3 is 3.11 bits per heavy atom. The summed E-state index contributed by atoms with van der Waals surface area (Å²) >= 11 is 0. The molecule has 1 unspecified atom stereocenters. The van der Waals surface area contributed by atoms with E-state index in [4.69, 9.17) is 4.74 Å². The number of imidazole rings is 1. The van der Waals surface area contributed by atoms with Crippen molar-refractivity contribution in [3.8, 4) is 0 Å². The van der Waals surface area contributed by atoms with Gasteiger partial charge in [0.05, 0.1) is 30.4 Å². The Kier molecular flexibility index (Phi) is 3.82. The number of fused-ring (bicyclic) bond motifs is 1. The van der Waals surface area contributed by atoms with E-state index in [-0.39, 0.29) is 11.9 Å². The molecule has 5 nitrogen and oxygen atoms in total. The zero-order valence-corrected chi connectivity index (χ0v) is 10.6. The van der Waals surface area contributed by atoms with Crippen molar-refractivity contribution < 1.29 is 9.53 Å². The Balaban J connectivity index is 2.02. The smallest absolute Gasteiger partial charge is 0.310 e. The molecule has 0 aliphatic carbocycles. The number of aromatic amines is 1. The van der Waals surface area contributed by atoms with E-state index in [1.807, 2.05) is 25.1 Å². The van der Waals surface area contributed by atoms with Gasteiger partial charge in [0.15, 0.2) is 0 Å². The highest BCUT2D eigenvalue weighted by molar-refractivity contribution is 5.79. The molecule has 0 aliphatic heterocycles. The molecule has 0 aliphatic rings. The largest absolute Gasteiger partial charge is 0.469 e. The van der Waals surface area contributed by atoms with Crippen LogP contribution in [0.3, 0.4) is 0 Å². The van der Waals surface area contributed by atoms with Gasteiger partial charge in [-0.3, -0.25) is 4.79 Å². The minimum Gasteiger partial charge on any atom is -0.469 e. The van der Waals surface area contributed by atoms with Crippen molar-refractivity contribution in [2.24, 2.45) is 5.92 Å². The number of aromatic nitrogens is 2. The molecule has 0 radical (unpaired) electrons. The number of hydrogen-bond donors (Lipinski definition) is 2. The van der Waals surface area contributed by atoms with Gasteiger partial charge in [-0.1, -0.05) is 6.92 Å². The lowest BCUT2D eigenvalue weighted by Crippen LogP contribution is -2.23. The van der Waals surface area contributed by atoms with E-state index in [1.165, 1.54) is 7.11 Å².